The first kappa shape index (κ1) is 13.3. The monoisotopic (exact) mass is 241 g/mol. The summed E-state index contributed by atoms with van der Waals surface area (Å²) in [4.78, 5) is 6.48. The molecule has 4 heteroatoms. The van der Waals surface area contributed by atoms with Crippen LogP contribution in [-0.4, -0.2) is 18.1 Å². The van der Waals surface area contributed by atoms with E-state index in [1.54, 1.807) is 6.20 Å². The normalized spacial score (nSPS) is 10.9. The Morgan fingerprint density at radius 1 is 1.44 bits per heavy atom. The molecule has 0 radical (unpaired) electrons. The second-order valence-electron chi connectivity index (χ2n) is 3.89. The van der Waals surface area contributed by atoms with Crippen LogP contribution in [0.25, 0.3) is 0 Å². The molecule has 1 heterocycles. The predicted molar refractivity (Wildman–Crippen MR) is 69.9 cm³/mol. The fourth-order valence-electron chi connectivity index (χ4n) is 1.88. The lowest BCUT2D eigenvalue weighted by molar-refractivity contribution is 0.586. The van der Waals surface area contributed by atoms with E-state index in [0.29, 0.717) is 17.6 Å². The third-order valence-corrected chi connectivity index (χ3v) is 3.41. The Morgan fingerprint density at radius 3 is 2.56 bits per heavy atom. The van der Waals surface area contributed by atoms with E-state index in [1.165, 1.54) is 0 Å². The lowest BCUT2D eigenvalue weighted by Crippen LogP contribution is -2.31. The Kier molecular flexibility index (Phi) is 5.03. The number of hydrogen-bond acceptors (Lipinski definition) is 3. The highest BCUT2D eigenvalue weighted by Crippen LogP contribution is 2.28. The molecule has 3 nitrogen and oxygen atoms in total. The molecule has 90 valence electrons. The Labute approximate surface area is 103 Å². The molecule has 0 spiro atoms. The third-order valence-electron chi connectivity index (χ3n) is 3.00. The number of hydrogen-bond donors (Lipinski definition) is 1. The summed E-state index contributed by atoms with van der Waals surface area (Å²) >= 11 is 6.28. The summed E-state index contributed by atoms with van der Waals surface area (Å²) in [7, 11) is 2.03. The summed E-state index contributed by atoms with van der Waals surface area (Å²) in [5, 5.41) is 0.680. The maximum absolute atomic E-state index is 6.28. The molecule has 0 aromatic carbocycles. The van der Waals surface area contributed by atoms with Crippen molar-refractivity contribution in [2.75, 3.05) is 11.9 Å². The number of anilines is 1. The number of rotatable bonds is 5. The van der Waals surface area contributed by atoms with E-state index in [0.717, 1.165) is 24.2 Å². The van der Waals surface area contributed by atoms with Gasteiger partial charge in [0.15, 0.2) is 0 Å². The molecule has 0 aliphatic rings. The average molecular weight is 242 g/mol. The zero-order chi connectivity index (χ0) is 12.1. The van der Waals surface area contributed by atoms with Crippen LogP contribution >= 0.6 is 11.6 Å². The molecule has 0 saturated heterocycles. The summed E-state index contributed by atoms with van der Waals surface area (Å²) in [5.74, 6) is 0.832. The van der Waals surface area contributed by atoms with E-state index < -0.39 is 0 Å². The first-order chi connectivity index (χ1) is 7.65. The molecule has 2 N–H and O–H groups in total. The third kappa shape index (κ3) is 2.66. The van der Waals surface area contributed by atoms with Gasteiger partial charge in [0.1, 0.15) is 5.82 Å². The van der Waals surface area contributed by atoms with E-state index >= 15 is 0 Å². The lowest BCUT2D eigenvalue weighted by Gasteiger charge is -2.28. The molecule has 0 aliphatic carbocycles. The topological polar surface area (TPSA) is 42.2 Å². The van der Waals surface area contributed by atoms with Crippen LogP contribution in [0.2, 0.25) is 5.02 Å². The van der Waals surface area contributed by atoms with Crippen LogP contribution in [0.4, 0.5) is 5.82 Å². The summed E-state index contributed by atoms with van der Waals surface area (Å²) in [5.41, 5.74) is 6.58. The van der Waals surface area contributed by atoms with Crippen LogP contribution in [0.3, 0.4) is 0 Å². The van der Waals surface area contributed by atoms with Crippen molar-refractivity contribution in [1.82, 2.24) is 4.98 Å². The van der Waals surface area contributed by atoms with Gasteiger partial charge in [0.2, 0.25) is 0 Å². The Morgan fingerprint density at radius 2 is 2.06 bits per heavy atom. The van der Waals surface area contributed by atoms with Gasteiger partial charge >= 0.3 is 0 Å². The second kappa shape index (κ2) is 6.06. The maximum Gasteiger partial charge on any atom is 0.147 e. The fourth-order valence-corrected chi connectivity index (χ4v) is 2.21. The highest BCUT2D eigenvalue weighted by Gasteiger charge is 2.16. The summed E-state index contributed by atoms with van der Waals surface area (Å²) in [6.07, 6.45) is 3.93. The molecule has 16 heavy (non-hydrogen) atoms. The second-order valence-corrected chi connectivity index (χ2v) is 4.27. The lowest BCUT2D eigenvalue weighted by atomic mass is 10.1. The van der Waals surface area contributed by atoms with Crippen molar-refractivity contribution in [1.29, 1.82) is 0 Å². The zero-order valence-electron chi connectivity index (χ0n) is 10.2. The zero-order valence-corrected chi connectivity index (χ0v) is 11.0. The smallest absolute Gasteiger partial charge is 0.147 e. The van der Waals surface area contributed by atoms with Crippen LogP contribution in [0.1, 0.15) is 32.3 Å². The maximum atomic E-state index is 6.28. The van der Waals surface area contributed by atoms with E-state index in [1.807, 2.05) is 13.1 Å². The van der Waals surface area contributed by atoms with Crippen molar-refractivity contribution in [2.45, 2.75) is 39.3 Å². The fraction of sp³-hybridized carbons (Fsp3) is 0.583. The van der Waals surface area contributed by atoms with Crippen LogP contribution in [0.15, 0.2) is 12.3 Å². The number of nitrogens with two attached hydrogens (primary N) is 1. The summed E-state index contributed by atoms with van der Waals surface area (Å²) in [6, 6.07) is 2.34. The molecule has 0 aliphatic heterocycles. The molecule has 1 aromatic heterocycles. The van der Waals surface area contributed by atoms with Gasteiger partial charge < -0.3 is 10.6 Å². The minimum Gasteiger partial charge on any atom is -0.355 e. The van der Waals surface area contributed by atoms with Gasteiger partial charge in [-0.05, 0) is 24.5 Å². The highest BCUT2D eigenvalue weighted by atomic mass is 35.5. The van der Waals surface area contributed by atoms with E-state index in [4.69, 9.17) is 17.3 Å². The minimum atomic E-state index is 0.450. The molecule has 1 rings (SSSR count). The summed E-state index contributed by atoms with van der Waals surface area (Å²) < 4.78 is 0. The highest BCUT2D eigenvalue weighted by molar-refractivity contribution is 6.33. The van der Waals surface area contributed by atoms with Gasteiger partial charge in [0, 0.05) is 25.8 Å². The van der Waals surface area contributed by atoms with Crippen molar-refractivity contribution < 1.29 is 0 Å². The largest absolute Gasteiger partial charge is 0.355 e. The van der Waals surface area contributed by atoms with Gasteiger partial charge in [-0.15, -0.1) is 0 Å². The Balaban J connectivity index is 3.03. The van der Waals surface area contributed by atoms with Gasteiger partial charge in [-0.25, -0.2) is 4.98 Å². The molecular weight excluding hydrogens is 222 g/mol. The molecule has 0 amide bonds. The SMILES string of the molecule is CCC(CC)N(C)c1nccc(CN)c1Cl. The first-order valence-electron chi connectivity index (χ1n) is 5.71. The molecule has 0 atom stereocenters. The van der Waals surface area contributed by atoms with Crippen molar-refractivity contribution in [3.05, 3.63) is 22.8 Å². The minimum absolute atomic E-state index is 0.450. The standard InChI is InChI=1S/C12H20ClN3/c1-4-10(5-2)16(3)12-11(13)9(8-14)6-7-15-12/h6-7,10H,4-5,8,14H2,1-3H3. The van der Waals surface area contributed by atoms with Gasteiger partial charge in [0.05, 0.1) is 5.02 Å². The van der Waals surface area contributed by atoms with Crippen molar-refractivity contribution in [3.8, 4) is 0 Å². The van der Waals surface area contributed by atoms with Crippen molar-refractivity contribution >= 4 is 17.4 Å². The number of nitrogens with zero attached hydrogens (tertiary/aromatic N) is 2. The van der Waals surface area contributed by atoms with Crippen LogP contribution < -0.4 is 10.6 Å². The van der Waals surface area contributed by atoms with Crippen molar-refractivity contribution in [3.63, 3.8) is 0 Å². The van der Waals surface area contributed by atoms with Gasteiger partial charge in [0.25, 0.3) is 0 Å². The predicted octanol–water partition coefficient (Wildman–Crippen LogP) is 2.82. The van der Waals surface area contributed by atoms with E-state index in [2.05, 4.69) is 23.7 Å². The Hall–Kier alpha value is -0.800. The van der Waals surface area contributed by atoms with Crippen LogP contribution in [-0.2, 0) is 6.54 Å². The average Bonchev–Trinajstić information content (AvgIpc) is 2.30. The molecule has 1 aromatic rings. The Bertz CT molecular complexity index is 337. The number of halogens is 1. The number of pyridine rings is 1. The molecule has 0 bridgehead atoms. The number of aromatic nitrogens is 1. The van der Waals surface area contributed by atoms with E-state index in [9.17, 15) is 0 Å². The van der Waals surface area contributed by atoms with Crippen molar-refractivity contribution in [2.24, 2.45) is 5.73 Å². The van der Waals surface area contributed by atoms with Crippen LogP contribution in [0.5, 0.6) is 0 Å². The molecule has 0 fully saturated rings. The van der Waals surface area contributed by atoms with Gasteiger partial charge in [-0.3, -0.25) is 0 Å². The first-order valence-corrected chi connectivity index (χ1v) is 6.09. The summed E-state index contributed by atoms with van der Waals surface area (Å²) in [6.45, 7) is 4.79. The van der Waals surface area contributed by atoms with Gasteiger partial charge in [-0.2, -0.15) is 0 Å². The van der Waals surface area contributed by atoms with Gasteiger partial charge in [-0.1, -0.05) is 25.4 Å². The van der Waals surface area contributed by atoms with Crippen LogP contribution in [0, 0.1) is 0 Å². The molecular formula is C12H20ClN3. The van der Waals surface area contributed by atoms with E-state index in [-0.39, 0.29) is 0 Å². The molecule has 0 saturated carbocycles. The quantitative estimate of drug-likeness (QED) is 0.862. The molecule has 0 unspecified atom stereocenters.